The van der Waals surface area contributed by atoms with Crippen LogP contribution < -0.4 is 5.32 Å². The van der Waals surface area contributed by atoms with Gasteiger partial charge in [-0.05, 0) is 50.0 Å². The van der Waals surface area contributed by atoms with E-state index in [0.29, 0.717) is 10.7 Å². The Hall–Kier alpha value is -1.42. The number of hydrogen-bond acceptors (Lipinski definition) is 2. The van der Waals surface area contributed by atoms with Crippen molar-refractivity contribution in [2.24, 2.45) is 0 Å². The van der Waals surface area contributed by atoms with Crippen molar-refractivity contribution in [3.05, 3.63) is 35.4 Å². The summed E-state index contributed by atoms with van der Waals surface area (Å²) in [6.45, 7) is 3.83. The summed E-state index contributed by atoms with van der Waals surface area (Å²) in [5, 5.41) is 3.38. The second-order valence-electron chi connectivity index (χ2n) is 4.62. The third kappa shape index (κ3) is 3.07. The SMILES string of the molecule is Cc1ccccc1C(=O)NC(=S)N1CCCCC1. The fourth-order valence-electron chi connectivity index (χ4n) is 2.17. The lowest BCUT2D eigenvalue weighted by atomic mass is 10.1. The Morgan fingerprint density at radius 2 is 1.89 bits per heavy atom. The fraction of sp³-hybridized carbons (Fsp3) is 0.429. The van der Waals surface area contributed by atoms with Crippen LogP contribution in [0.2, 0.25) is 0 Å². The number of benzene rings is 1. The number of carbonyl (C=O) groups is 1. The number of nitrogens with zero attached hydrogens (tertiary/aromatic N) is 1. The standard InChI is InChI=1S/C14H18N2OS/c1-11-7-3-4-8-12(11)13(17)15-14(18)16-9-5-2-6-10-16/h3-4,7-8H,2,5-6,9-10H2,1H3,(H,15,17,18). The molecule has 0 saturated carbocycles. The largest absolute Gasteiger partial charge is 0.349 e. The molecule has 0 radical (unpaired) electrons. The normalized spacial score (nSPS) is 15.3. The molecule has 0 bridgehead atoms. The Morgan fingerprint density at radius 1 is 1.22 bits per heavy atom. The maximum absolute atomic E-state index is 12.1. The van der Waals surface area contributed by atoms with Crippen LogP contribution in [-0.4, -0.2) is 29.0 Å². The molecule has 96 valence electrons. The molecule has 1 fully saturated rings. The zero-order chi connectivity index (χ0) is 13.0. The quantitative estimate of drug-likeness (QED) is 0.789. The van der Waals surface area contributed by atoms with Gasteiger partial charge in [0.15, 0.2) is 5.11 Å². The maximum atomic E-state index is 12.1. The van der Waals surface area contributed by atoms with E-state index >= 15 is 0 Å². The molecule has 0 aliphatic carbocycles. The number of amides is 1. The van der Waals surface area contributed by atoms with Crippen molar-refractivity contribution in [3.63, 3.8) is 0 Å². The summed E-state index contributed by atoms with van der Waals surface area (Å²) in [5.74, 6) is -0.108. The highest BCUT2D eigenvalue weighted by atomic mass is 32.1. The van der Waals surface area contributed by atoms with Gasteiger partial charge in [-0.3, -0.25) is 10.1 Å². The van der Waals surface area contributed by atoms with E-state index in [1.54, 1.807) is 0 Å². The van der Waals surface area contributed by atoms with Gasteiger partial charge < -0.3 is 4.90 Å². The first-order chi connectivity index (χ1) is 8.68. The molecular formula is C14H18N2OS. The molecule has 0 spiro atoms. The van der Waals surface area contributed by atoms with Crippen LogP contribution in [-0.2, 0) is 0 Å². The van der Waals surface area contributed by atoms with Gasteiger partial charge in [0.2, 0.25) is 0 Å². The van der Waals surface area contributed by atoms with Crippen molar-refractivity contribution in [1.82, 2.24) is 10.2 Å². The van der Waals surface area contributed by atoms with E-state index in [1.807, 2.05) is 31.2 Å². The number of aryl methyl sites for hydroxylation is 1. The second kappa shape index (κ2) is 5.96. The molecule has 4 heteroatoms. The first-order valence-corrected chi connectivity index (χ1v) is 6.75. The molecule has 0 atom stereocenters. The third-order valence-corrected chi connectivity index (χ3v) is 3.61. The molecule has 18 heavy (non-hydrogen) atoms. The van der Waals surface area contributed by atoms with Crippen LogP contribution >= 0.6 is 12.2 Å². The van der Waals surface area contributed by atoms with Gasteiger partial charge in [0.05, 0.1) is 0 Å². The molecule has 1 amide bonds. The van der Waals surface area contributed by atoms with Crippen molar-refractivity contribution in [2.75, 3.05) is 13.1 Å². The average Bonchev–Trinajstić information content (AvgIpc) is 2.40. The first kappa shape index (κ1) is 13.0. The second-order valence-corrected chi connectivity index (χ2v) is 5.01. The van der Waals surface area contributed by atoms with E-state index in [4.69, 9.17) is 12.2 Å². The minimum Gasteiger partial charge on any atom is -0.349 e. The van der Waals surface area contributed by atoms with Gasteiger partial charge in [0.1, 0.15) is 0 Å². The number of hydrogen-bond donors (Lipinski definition) is 1. The third-order valence-electron chi connectivity index (χ3n) is 3.25. The van der Waals surface area contributed by atoms with Crippen LogP contribution in [0.4, 0.5) is 0 Å². The molecule has 0 aromatic heterocycles. The average molecular weight is 262 g/mol. The van der Waals surface area contributed by atoms with Crippen molar-refractivity contribution in [1.29, 1.82) is 0 Å². The van der Waals surface area contributed by atoms with E-state index in [9.17, 15) is 4.79 Å². The topological polar surface area (TPSA) is 32.3 Å². The summed E-state index contributed by atoms with van der Waals surface area (Å²) in [6.07, 6.45) is 3.56. The lowest BCUT2D eigenvalue weighted by Gasteiger charge is -2.28. The van der Waals surface area contributed by atoms with Crippen LogP contribution in [0.3, 0.4) is 0 Å². The van der Waals surface area contributed by atoms with Crippen molar-refractivity contribution in [2.45, 2.75) is 26.2 Å². The van der Waals surface area contributed by atoms with Crippen molar-refractivity contribution < 1.29 is 4.79 Å². The van der Waals surface area contributed by atoms with E-state index < -0.39 is 0 Å². The Morgan fingerprint density at radius 3 is 2.56 bits per heavy atom. The number of nitrogens with one attached hydrogen (secondary N) is 1. The number of rotatable bonds is 1. The van der Waals surface area contributed by atoms with Gasteiger partial charge >= 0.3 is 0 Å². The molecule has 1 aliphatic heterocycles. The maximum Gasteiger partial charge on any atom is 0.257 e. The lowest BCUT2D eigenvalue weighted by Crippen LogP contribution is -2.45. The smallest absolute Gasteiger partial charge is 0.257 e. The zero-order valence-electron chi connectivity index (χ0n) is 10.6. The molecule has 1 aliphatic rings. The van der Waals surface area contributed by atoms with Gasteiger partial charge in [-0.1, -0.05) is 18.2 Å². The van der Waals surface area contributed by atoms with Crippen LogP contribution in [0.5, 0.6) is 0 Å². The lowest BCUT2D eigenvalue weighted by molar-refractivity contribution is 0.0972. The Kier molecular flexibility index (Phi) is 4.31. The Balaban J connectivity index is 1.99. The van der Waals surface area contributed by atoms with Crippen LogP contribution in [0.1, 0.15) is 35.2 Å². The van der Waals surface area contributed by atoms with Crippen LogP contribution in [0, 0.1) is 6.92 Å². The number of piperidine rings is 1. The van der Waals surface area contributed by atoms with E-state index in [0.717, 1.165) is 31.5 Å². The Labute approximate surface area is 113 Å². The van der Waals surface area contributed by atoms with Gasteiger partial charge in [0, 0.05) is 18.7 Å². The predicted octanol–water partition coefficient (Wildman–Crippen LogP) is 2.50. The summed E-state index contributed by atoms with van der Waals surface area (Å²) in [6, 6.07) is 7.54. The molecular weight excluding hydrogens is 244 g/mol. The molecule has 1 N–H and O–H groups in total. The minimum atomic E-state index is -0.108. The highest BCUT2D eigenvalue weighted by molar-refractivity contribution is 7.80. The zero-order valence-corrected chi connectivity index (χ0v) is 11.4. The number of thiocarbonyl (C=S) groups is 1. The van der Waals surface area contributed by atoms with Gasteiger partial charge in [-0.25, -0.2) is 0 Å². The summed E-state index contributed by atoms with van der Waals surface area (Å²) in [5.41, 5.74) is 1.66. The molecule has 3 nitrogen and oxygen atoms in total. The monoisotopic (exact) mass is 262 g/mol. The first-order valence-electron chi connectivity index (χ1n) is 6.34. The van der Waals surface area contributed by atoms with Crippen molar-refractivity contribution in [3.8, 4) is 0 Å². The summed E-state index contributed by atoms with van der Waals surface area (Å²) < 4.78 is 0. The van der Waals surface area contributed by atoms with Crippen LogP contribution in [0.25, 0.3) is 0 Å². The molecule has 1 heterocycles. The van der Waals surface area contributed by atoms with Crippen molar-refractivity contribution >= 4 is 23.2 Å². The number of likely N-dealkylation sites (tertiary alicyclic amines) is 1. The molecule has 1 saturated heterocycles. The molecule has 1 aromatic rings. The van der Waals surface area contributed by atoms with E-state index in [2.05, 4.69) is 10.2 Å². The van der Waals surface area contributed by atoms with Gasteiger partial charge in [-0.2, -0.15) is 0 Å². The van der Waals surface area contributed by atoms with E-state index in [-0.39, 0.29) is 5.91 Å². The number of carbonyl (C=O) groups excluding carboxylic acids is 1. The fourth-order valence-corrected chi connectivity index (χ4v) is 2.44. The summed E-state index contributed by atoms with van der Waals surface area (Å²) in [4.78, 5) is 14.2. The molecule has 1 aromatic carbocycles. The predicted molar refractivity (Wildman–Crippen MR) is 76.7 cm³/mol. The summed E-state index contributed by atoms with van der Waals surface area (Å²) in [7, 11) is 0. The highest BCUT2D eigenvalue weighted by Gasteiger charge is 2.16. The van der Waals surface area contributed by atoms with Gasteiger partial charge in [0.25, 0.3) is 5.91 Å². The minimum absolute atomic E-state index is 0.108. The molecule has 0 unspecified atom stereocenters. The van der Waals surface area contributed by atoms with E-state index in [1.165, 1.54) is 6.42 Å². The Bertz CT molecular complexity index is 453. The summed E-state index contributed by atoms with van der Waals surface area (Å²) >= 11 is 5.29. The van der Waals surface area contributed by atoms with Gasteiger partial charge in [-0.15, -0.1) is 0 Å². The molecule has 2 rings (SSSR count). The highest BCUT2D eigenvalue weighted by Crippen LogP contribution is 2.10. The van der Waals surface area contributed by atoms with Crippen LogP contribution in [0.15, 0.2) is 24.3 Å².